The van der Waals surface area contributed by atoms with Gasteiger partial charge in [0, 0.05) is 19.3 Å². The molecule has 1 aromatic carbocycles. The van der Waals surface area contributed by atoms with E-state index in [9.17, 15) is 19.5 Å². The van der Waals surface area contributed by atoms with E-state index < -0.39 is 18.1 Å². The standard InChI is InChI=1S/C19H26N2O6S/c22-17(20-15-6-9-26-10-7-15)13-28-11-8-16(18(23)24)21-19(25)27-12-14-4-2-1-3-5-14/h1-5,15-16H,6-13H2,(H,20,22)(H,21,25)(H,23,24). The number of hydrogen-bond donors (Lipinski definition) is 3. The van der Waals surface area contributed by atoms with E-state index in [2.05, 4.69) is 10.6 Å². The van der Waals surface area contributed by atoms with E-state index in [1.54, 1.807) is 0 Å². The van der Waals surface area contributed by atoms with Crippen LogP contribution in [-0.2, 0) is 25.7 Å². The first-order chi connectivity index (χ1) is 13.5. The maximum absolute atomic E-state index is 11.9. The monoisotopic (exact) mass is 410 g/mol. The number of rotatable bonds is 10. The summed E-state index contributed by atoms with van der Waals surface area (Å²) in [5.74, 6) is -0.526. The van der Waals surface area contributed by atoms with Gasteiger partial charge in [-0.15, -0.1) is 0 Å². The zero-order valence-electron chi connectivity index (χ0n) is 15.6. The van der Waals surface area contributed by atoms with E-state index in [0.717, 1.165) is 18.4 Å². The van der Waals surface area contributed by atoms with Gasteiger partial charge < -0.3 is 25.2 Å². The molecule has 8 nitrogen and oxygen atoms in total. The van der Waals surface area contributed by atoms with Crippen LogP contribution in [-0.4, -0.2) is 59.9 Å². The molecule has 9 heteroatoms. The normalized spacial score (nSPS) is 15.4. The summed E-state index contributed by atoms with van der Waals surface area (Å²) < 4.78 is 10.3. The third kappa shape index (κ3) is 8.62. The number of aliphatic carboxylic acids is 1. The summed E-state index contributed by atoms with van der Waals surface area (Å²) in [5.41, 5.74) is 0.815. The molecule has 1 unspecified atom stereocenters. The molecule has 2 amide bonds. The molecule has 1 saturated heterocycles. The second-order valence-corrected chi connectivity index (χ2v) is 7.50. The van der Waals surface area contributed by atoms with Crippen LogP contribution in [0.5, 0.6) is 0 Å². The molecule has 0 bridgehead atoms. The van der Waals surface area contributed by atoms with Crippen LogP contribution < -0.4 is 10.6 Å². The minimum absolute atomic E-state index is 0.0696. The lowest BCUT2D eigenvalue weighted by Crippen LogP contribution is -2.41. The number of carbonyl (C=O) groups is 3. The van der Waals surface area contributed by atoms with Gasteiger partial charge in [-0.25, -0.2) is 9.59 Å². The van der Waals surface area contributed by atoms with Gasteiger partial charge in [0.15, 0.2) is 0 Å². The molecule has 1 aromatic rings. The molecular formula is C19H26N2O6S. The van der Waals surface area contributed by atoms with E-state index >= 15 is 0 Å². The predicted octanol–water partition coefficient (Wildman–Crippen LogP) is 1.78. The lowest BCUT2D eigenvalue weighted by molar-refractivity contribution is -0.139. The van der Waals surface area contributed by atoms with E-state index in [1.807, 2.05) is 30.3 Å². The van der Waals surface area contributed by atoms with E-state index in [4.69, 9.17) is 9.47 Å². The third-order valence-corrected chi connectivity index (χ3v) is 5.16. The molecular weight excluding hydrogens is 384 g/mol. The Bertz CT molecular complexity index is 637. The molecule has 1 aliphatic heterocycles. The zero-order valence-corrected chi connectivity index (χ0v) is 16.4. The molecule has 1 aliphatic rings. The quantitative estimate of drug-likeness (QED) is 0.504. The van der Waals surface area contributed by atoms with Crippen LogP contribution in [0.3, 0.4) is 0 Å². The SMILES string of the molecule is O=C(CSCCC(NC(=O)OCc1ccccc1)C(=O)O)NC1CCOCC1. The van der Waals surface area contributed by atoms with Crippen molar-refractivity contribution in [3.05, 3.63) is 35.9 Å². The third-order valence-electron chi connectivity index (χ3n) is 4.17. The van der Waals surface area contributed by atoms with Crippen LogP contribution in [0.2, 0.25) is 0 Å². The van der Waals surface area contributed by atoms with Gasteiger partial charge in [0.2, 0.25) is 5.91 Å². The van der Waals surface area contributed by atoms with Gasteiger partial charge >= 0.3 is 12.1 Å². The molecule has 28 heavy (non-hydrogen) atoms. The van der Waals surface area contributed by atoms with E-state index in [-0.39, 0.29) is 30.7 Å². The van der Waals surface area contributed by atoms with Crippen molar-refractivity contribution >= 4 is 29.7 Å². The Morgan fingerprint density at radius 2 is 1.93 bits per heavy atom. The summed E-state index contributed by atoms with van der Waals surface area (Å²) in [4.78, 5) is 35.1. The second-order valence-electron chi connectivity index (χ2n) is 6.39. The van der Waals surface area contributed by atoms with Crippen LogP contribution in [0.25, 0.3) is 0 Å². The number of carboxylic acids is 1. The Balaban J connectivity index is 1.62. The average molecular weight is 410 g/mol. The van der Waals surface area contributed by atoms with Gasteiger partial charge in [0.1, 0.15) is 12.6 Å². The van der Waals surface area contributed by atoms with Crippen molar-refractivity contribution in [1.82, 2.24) is 10.6 Å². The molecule has 1 heterocycles. The summed E-state index contributed by atoms with van der Waals surface area (Å²) in [6, 6.07) is 8.21. The van der Waals surface area contributed by atoms with Gasteiger partial charge in [-0.2, -0.15) is 11.8 Å². The van der Waals surface area contributed by atoms with Crippen LogP contribution in [0.15, 0.2) is 30.3 Å². The fraction of sp³-hybridized carbons (Fsp3) is 0.526. The summed E-state index contributed by atoms with van der Waals surface area (Å²) in [7, 11) is 0. The molecule has 154 valence electrons. The molecule has 0 radical (unpaired) electrons. The van der Waals surface area contributed by atoms with Crippen molar-refractivity contribution in [3.8, 4) is 0 Å². The Kier molecular flexibility index (Phi) is 9.64. The van der Waals surface area contributed by atoms with Gasteiger partial charge in [0.25, 0.3) is 0 Å². The molecule has 3 N–H and O–H groups in total. The Morgan fingerprint density at radius 3 is 2.61 bits per heavy atom. The molecule has 0 spiro atoms. The topological polar surface area (TPSA) is 114 Å². The molecule has 0 aromatic heterocycles. The first kappa shape index (κ1) is 22.0. The van der Waals surface area contributed by atoms with Gasteiger partial charge in [-0.05, 0) is 30.6 Å². The molecule has 1 atom stereocenters. The Labute approximate surface area is 168 Å². The largest absolute Gasteiger partial charge is 0.480 e. The number of hydrogen-bond acceptors (Lipinski definition) is 6. The minimum Gasteiger partial charge on any atom is -0.480 e. The highest BCUT2D eigenvalue weighted by Crippen LogP contribution is 2.09. The maximum Gasteiger partial charge on any atom is 0.408 e. The summed E-state index contributed by atoms with van der Waals surface area (Å²) in [6.45, 7) is 1.38. The number of ether oxygens (including phenoxy) is 2. The van der Waals surface area contributed by atoms with Crippen LogP contribution in [0.1, 0.15) is 24.8 Å². The van der Waals surface area contributed by atoms with E-state index in [0.29, 0.717) is 19.0 Å². The Morgan fingerprint density at radius 1 is 1.21 bits per heavy atom. The number of carbonyl (C=O) groups excluding carboxylic acids is 2. The van der Waals surface area contributed by atoms with Crippen LogP contribution >= 0.6 is 11.8 Å². The fourth-order valence-corrected chi connectivity index (χ4v) is 3.46. The second kappa shape index (κ2) is 12.2. The van der Waals surface area contributed by atoms with Crippen molar-refractivity contribution in [2.24, 2.45) is 0 Å². The number of thioether (sulfide) groups is 1. The van der Waals surface area contributed by atoms with Crippen molar-refractivity contribution in [2.75, 3.05) is 24.7 Å². The van der Waals surface area contributed by atoms with Crippen molar-refractivity contribution in [2.45, 2.75) is 38.0 Å². The first-order valence-corrected chi connectivity index (χ1v) is 10.3. The zero-order chi connectivity index (χ0) is 20.2. The number of alkyl carbamates (subject to hydrolysis) is 1. The van der Waals surface area contributed by atoms with Crippen molar-refractivity contribution in [1.29, 1.82) is 0 Å². The number of benzene rings is 1. The fourth-order valence-electron chi connectivity index (χ4n) is 2.64. The number of carboxylic acid groups (broad SMARTS) is 1. The van der Waals surface area contributed by atoms with Gasteiger partial charge in [-0.1, -0.05) is 30.3 Å². The smallest absolute Gasteiger partial charge is 0.408 e. The highest BCUT2D eigenvalue weighted by molar-refractivity contribution is 7.99. The molecule has 0 aliphatic carbocycles. The highest BCUT2D eigenvalue weighted by atomic mass is 32.2. The highest BCUT2D eigenvalue weighted by Gasteiger charge is 2.21. The average Bonchev–Trinajstić information content (AvgIpc) is 2.70. The maximum atomic E-state index is 11.9. The first-order valence-electron chi connectivity index (χ1n) is 9.19. The summed E-state index contributed by atoms with van der Waals surface area (Å²) in [6.07, 6.45) is 1.04. The summed E-state index contributed by atoms with van der Waals surface area (Å²) in [5, 5.41) is 14.6. The minimum atomic E-state index is -1.14. The number of nitrogens with one attached hydrogen (secondary N) is 2. The molecule has 2 rings (SSSR count). The van der Waals surface area contributed by atoms with Crippen LogP contribution in [0.4, 0.5) is 4.79 Å². The van der Waals surface area contributed by atoms with E-state index in [1.165, 1.54) is 11.8 Å². The Hall–Kier alpha value is -2.26. The lowest BCUT2D eigenvalue weighted by atomic mass is 10.1. The van der Waals surface area contributed by atoms with Crippen molar-refractivity contribution in [3.63, 3.8) is 0 Å². The molecule has 1 fully saturated rings. The van der Waals surface area contributed by atoms with Crippen molar-refractivity contribution < 1.29 is 29.0 Å². The lowest BCUT2D eigenvalue weighted by Gasteiger charge is -2.23. The molecule has 0 saturated carbocycles. The van der Waals surface area contributed by atoms with Gasteiger partial charge in [0.05, 0.1) is 5.75 Å². The number of amides is 2. The predicted molar refractivity (Wildman–Crippen MR) is 105 cm³/mol. The summed E-state index contributed by atoms with van der Waals surface area (Å²) >= 11 is 1.33. The van der Waals surface area contributed by atoms with Crippen LogP contribution in [0, 0.1) is 0 Å². The van der Waals surface area contributed by atoms with Gasteiger partial charge in [-0.3, -0.25) is 4.79 Å².